The molecule has 4 atom stereocenters. The third kappa shape index (κ3) is 7.02. The van der Waals surface area contributed by atoms with Crippen LogP contribution in [-0.4, -0.2) is 72.1 Å². The first-order chi connectivity index (χ1) is 17.8. The summed E-state index contributed by atoms with van der Waals surface area (Å²) in [7, 11) is 0. The number of benzene rings is 1. The van der Waals surface area contributed by atoms with E-state index in [-0.39, 0.29) is 22.9 Å². The van der Waals surface area contributed by atoms with Crippen molar-refractivity contribution in [2.24, 2.45) is 5.41 Å². The van der Waals surface area contributed by atoms with Crippen molar-refractivity contribution >= 4 is 46.9 Å². The van der Waals surface area contributed by atoms with Gasteiger partial charge in [-0.05, 0) is 43.4 Å². The highest BCUT2D eigenvalue weighted by atomic mass is 35.5. The molecule has 1 aromatic rings. The van der Waals surface area contributed by atoms with E-state index in [1.165, 1.54) is 24.0 Å². The minimum absolute atomic E-state index is 0.0147. The molecule has 0 spiro atoms. The molecular weight excluding hydrogens is 516 g/mol. The van der Waals surface area contributed by atoms with Crippen molar-refractivity contribution in [2.75, 3.05) is 18.5 Å². The summed E-state index contributed by atoms with van der Waals surface area (Å²) in [5.41, 5.74) is -0.106. The lowest BCUT2D eigenvalue weighted by Gasteiger charge is -2.35. The third-order valence-corrected chi connectivity index (χ3v) is 6.70. The Morgan fingerprint density at radius 2 is 1.95 bits per heavy atom. The average Bonchev–Trinajstić information content (AvgIpc) is 3.43. The van der Waals surface area contributed by atoms with Crippen molar-refractivity contribution in [3.63, 3.8) is 0 Å². The molecule has 2 aliphatic rings. The number of amides is 4. The molecule has 2 saturated heterocycles. The van der Waals surface area contributed by atoms with E-state index < -0.39 is 53.5 Å². The van der Waals surface area contributed by atoms with Gasteiger partial charge in [0.25, 0.3) is 5.91 Å². The highest BCUT2D eigenvalue weighted by molar-refractivity contribution is 6.34. The minimum Gasteiger partial charge on any atom is -0.433 e. The van der Waals surface area contributed by atoms with Crippen molar-refractivity contribution in [3.05, 3.63) is 28.8 Å². The first-order valence-corrected chi connectivity index (χ1v) is 13.0. The summed E-state index contributed by atoms with van der Waals surface area (Å²) in [6.45, 7) is 9.22. The van der Waals surface area contributed by atoms with Gasteiger partial charge < -0.3 is 30.3 Å². The van der Waals surface area contributed by atoms with Crippen LogP contribution in [0.2, 0.25) is 5.02 Å². The van der Waals surface area contributed by atoms with E-state index in [9.17, 15) is 24.0 Å². The number of ether oxygens (including phenoxy) is 2. The first-order valence-electron chi connectivity index (χ1n) is 12.6. The summed E-state index contributed by atoms with van der Waals surface area (Å²) in [4.78, 5) is 64.6. The Morgan fingerprint density at radius 3 is 2.55 bits per heavy atom. The maximum Gasteiger partial charge on any atom is 0.310 e. The van der Waals surface area contributed by atoms with Gasteiger partial charge in [-0.2, -0.15) is 0 Å². The maximum absolute atomic E-state index is 13.7. The van der Waals surface area contributed by atoms with E-state index in [2.05, 4.69) is 16.0 Å². The second kappa shape index (κ2) is 12.1. The van der Waals surface area contributed by atoms with Crippen molar-refractivity contribution in [1.29, 1.82) is 0 Å². The number of rotatable bonds is 8. The first kappa shape index (κ1) is 29.4. The lowest BCUT2D eigenvalue weighted by molar-refractivity contribution is -0.164. The molecule has 0 bridgehead atoms. The van der Waals surface area contributed by atoms with E-state index in [1.54, 1.807) is 13.0 Å². The van der Waals surface area contributed by atoms with Crippen molar-refractivity contribution in [1.82, 2.24) is 15.5 Å². The topological polar surface area (TPSA) is 143 Å². The van der Waals surface area contributed by atoms with Gasteiger partial charge in [-0.25, -0.2) is 0 Å². The van der Waals surface area contributed by atoms with Crippen LogP contribution < -0.4 is 16.0 Å². The summed E-state index contributed by atoms with van der Waals surface area (Å²) in [6, 6.07) is 2.11. The summed E-state index contributed by atoms with van der Waals surface area (Å²) in [5.74, 6) is -2.10. The van der Waals surface area contributed by atoms with Crippen LogP contribution in [-0.2, 0) is 28.7 Å². The number of anilines is 1. The molecule has 0 radical (unpaired) electrons. The molecule has 0 unspecified atom stereocenters. The van der Waals surface area contributed by atoms with Gasteiger partial charge in [0.05, 0.1) is 17.0 Å². The SMILES string of the molecule is CCO[C@@H]1OC(=O)C[C@@H]1NC(=O)[C@@H]1CCCN1C(=O)[C@@H](NC(=O)c1ccc(NC(C)=O)cc1Cl)C(C)(C)C. The Bertz CT molecular complexity index is 1100. The third-order valence-electron chi connectivity index (χ3n) is 6.38. The molecule has 3 rings (SSSR count). The summed E-state index contributed by atoms with van der Waals surface area (Å²) in [6.07, 6.45) is 0.171. The van der Waals surface area contributed by atoms with Gasteiger partial charge >= 0.3 is 5.97 Å². The quantitative estimate of drug-likeness (QED) is 0.421. The number of carbonyl (C=O) groups is 5. The fourth-order valence-corrected chi connectivity index (χ4v) is 4.82. The van der Waals surface area contributed by atoms with Gasteiger partial charge in [0.1, 0.15) is 18.1 Å². The predicted molar refractivity (Wildman–Crippen MR) is 139 cm³/mol. The summed E-state index contributed by atoms with van der Waals surface area (Å²) < 4.78 is 10.5. The van der Waals surface area contributed by atoms with Crippen LogP contribution in [0.25, 0.3) is 0 Å². The molecule has 12 heteroatoms. The molecule has 208 valence electrons. The second-order valence-electron chi connectivity index (χ2n) is 10.5. The van der Waals surface area contributed by atoms with Gasteiger partial charge in [0.2, 0.25) is 24.0 Å². The van der Waals surface area contributed by atoms with Gasteiger partial charge in [-0.15, -0.1) is 0 Å². The fourth-order valence-electron chi connectivity index (χ4n) is 4.55. The predicted octanol–water partition coefficient (Wildman–Crippen LogP) is 2.23. The smallest absolute Gasteiger partial charge is 0.310 e. The summed E-state index contributed by atoms with van der Waals surface area (Å²) in [5, 5.41) is 8.31. The Hall–Kier alpha value is -3.18. The number of carbonyl (C=O) groups excluding carboxylic acids is 5. The molecular formula is C26H35ClN4O7. The van der Waals surface area contributed by atoms with Gasteiger partial charge in [0.15, 0.2) is 0 Å². The number of likely N-dealkylation sites (tertiary alicyclic amines) is 1. The molecule has 0 aliphatic carbocycles. The van der Waals surface area contributed by atoms with Crippen LogP contribution in [0.3, 0.4) is 0 Å². The fraction of sp³-hybridized carbons (Fsp3) is 0.577. The van der Waals surface area contributed by atoms with Crippen LogP contribution in [0, 0.1) is 5.41 Å². The zero-order chi connectivity index (χ0) is 28.2. The van der Waals surface area contributed by atoms with Gasteiger partial charge in [-0.1, -0.05) is 32.4 Å². The Kier molecular flexibility index (Phi) is 9.37. The average molecular weight is 551 g/mol. The number of cyclic esters (lactones) is 1. The van der Waals surface area contributed by atoms with Crippen LogP contribution in [0.4, 0.5) is 5.69 Å². The van der Waals surface area contributed by atoms with E-state index >= 15 is 0 Å². The van der Waals surface area contributed by atoms with Crippen LogP contribution in [0.1, 0.15) is 64.2 Å². The lowest BCUT2D eigenvalue weighted by atomic mass is 9.85. The largest absolute Gasteiger partial charge is 0.433 e. The maximum atomic E-state index is 13.7. The molecule has 3 N–H and O–H groups in total. The number of hydrogen-bond acceptors (Lipinski definition) is 7. The number of halogens is 1. The minimum atomic E-state index is -0.956. The van der Waals surface area contributed by atoms with E-state index in [1.807, 2.05) is 20.8 Å². The zero-order valence-corrected chi connectivity index (χ0v) is 23.0. The van der Waals surface area contributed by atoms with Crippen molar-refractivity contribution in [3.8, 4) is 0 Å². The summed E-state index contributed by atoms with van der Waals surface area (Å²) >= 11 is 6.30. The standard InChI is InChI=1S/C26H35ClN4O7/c1-6-37-25-18(13-20(33)38-25)29-23(35)19-8-7-11-31(19)24(36)21(26(3,4)5)30-22(34)16-10-9-15(12-17(16)27)28-14(2)32/h9-10,12,18-19,21,25H,6-8,11,13H2,1-5H3,(H,28,32)(H,29,35)(H,30,34)/t18-,19-,21+,25+/m0/s1. The number of hydrogen-bond donors (Lipinski definition) is 3. The molecule has 0 aromatic heterocycles. The lowest BCUT2D eigenvalue weighted by Crippen LogP contribution is -2.58. The van der Waals surface area contributed by atoms with Gasteiger partial charge in [-0.3, -0.25) is 24.0 Å². The zero-order valence-electron chi connectivity index (χ0n) is 22.3. The molecule has 4 amide bonds. The molecule has 38 heavy (non-hydrogen) atoms. The monoisotopic (exact) mass is 550 g/mol. The van der Waals surface area contributed by atoms with E-state index in [0.717, 1.165) is 0 Å². The Balaban J connectivity index is 1.75. The van der Waals surface area contributed by atoms with Gasteiger partial charge in [0, 0.05) is 25.8 Å². The van der Waals surface area contributed by atoms with E-state index in [0.29, 0.717) is 31.7 Å². The number of nitrogens with zero attached hydrogens (tertiary/aromatic N) is 1. The van der Waals surface area contributed by atoms with Crippen LogP contribution in [0.15, 0.2) is 18.2 Å². The van der Waals surface area contributed by atoms with Crippen molar-refractivity contribution in [2.45, 2.75) is 78.3 Å². The molecule has 1 aromatic carbocycles. The second-order valence-corrected chi connectivity index (χ2v) is 10.9. The molecule has 11 nitrogen and oxygen atoms in total. The number of nitrogens with one attached hydrogen (secondary N) is 3. The molecule has 2 fully saturated rings. The molecule has 0 saturated carbocycles. The highest BCUT2D eigenvalue weighted by Crippen LogP contribution is 2.28. The normalized spacial score (nSPS) is 22.0. The Labute approximate surface area is 226 Å². The van der Waals surface area contributed by atoms with E-state index in [4.69, 9.17) is 21.1 Å². The molecule has 2 aliphatic heterocycles. The van der Waals surface area contributed by atoms with Crippen molar-refractivity contribution < 1.29 is 33.4 Å². The Morgan fingerprint density at radius 1 is 1.24 bits per heavy atom. The molecule has 2 heterocycles. The van der Waals surface area contributed by atoms with Crippen LogP contribution >= 0.6 is 11.6 Å². The number of esters is 1. The highest BCUT2D eigenvalue weighted by Gasteiger charge is 2.44. The van der Waals surface area contributed by atoms with Crippen LogP contribution in [0.5, 0.6) is 0 Å².